The van der Waals surface area contributed by atoms with Crippen molar-refractivity contribution in [2.45, 2.75) is 13.8 Å². The predicted molar refractivity (Wildman–Crippen MR) is 70.4 cm³/mol. The van der Waals surface area contributed by atoms with Crippen LogP contribution < -0.4 is 5.32 Å². The van der Waals surface area contributed by atoms with Crippen LogP contribution in [0.4, 0.5) is 5.69 Å². The number of hydrogen-bond donors (Lipinski definition) is 1. The van der Waals surface area contributed by atoms with Gasteiger partial charge in [0.25, 0.3) is 0 Å². The lowest BCUT2D eigenvalue weighted by Gasteiger charge is -2.03. The van der Waals surface area contributed by atoms with Crippen LogP contribution in [0.1, 0.15) is 24.2 Å². The maximum Gasteiger partial charge on any atom is 0.350 e. The molecule has 1 rings (SSSR count). The van der Waals surface area contributed by atoms with E-state index in [1.54, 1.807) is 37.3 Å². The molecule has 0 aliphatic carbocycles. The number of nitrogens with one attached hydrogen (secondary N) is 1. The summed E-state index contributed by atoms with van der Waals surface area (Å²) in [6.07, 6.45) is 1.28. The lowest BCUT2D eigenvalue weighted by atomic mass is 10.1. The smallest absolute Gasteiger partial charge is 0.350 e. The number of benzene rings is 1. The lowest BCUT2D eigenvalue weighted by molar-refractivity contribution is -0.138. The van der Waals surface area contributed by atoms with E-state index >= 15 is 0 Å². The molecule has 0 radical (unpaired) electrons. The molecule has 0 spiro atoms. The summed E-state index contributed by atoms with van der Waals surface area (Å²) in [6.45, 7) is 3.36. The van der Waals surface area contributed by atoms with Gasteiger partial charge in [-0.3, -0.25) is 4.79 Å². The first kappa shape index (κ1) is 14.5. The predicted octanol–water partition coefficient (Wildman–Crippen LogP) is 2.27. The zero-order valence-electron chi connectivity index (χ0n) is 10.8. The number of nitriles is 1. The molecule has 1 N–H and O–H groups in total. The molecule has 0 aliphatic rings. The van der Waals surface area contributed by atoms with Gasteiger partial charge >= 0.3 is 5.97 Å². The summed E-state index contributed by atoms with van der Waals surface area (Å²) in [4.78, 5) is 22.4. The monoisotopic (exact) mass is 258 g/mol. The molecule has 5 nitrogen and oxygen atoms in total. The molecular formula is C14H14N2O3. The third-order valence-corrected chi connectivity index (χ3v) is 2.29. The number of hydrogen-bond acceptors (Lipinski definition) is 5. The summed E-state index contributed by atoms with van der Waals surface area (Å²) in [5.74, 6) is -0.691. The molecule has 98 valence electrons. The first-order chi connectivity index (χ1) is 9.08. The SMILES string of the molecule is CCOC(=O)/C(C#N)=C\Nc1ccc(C(C)=O)cc1. The minimum Gasteiger partial charge on any atom is -0.462 e. The number of Topliss-reactive ketones (excluding diaryl/α,β-unsaturated/α-hetero) is 1. The van der Waals surface area contributed by atoms with Crippen LogP contribution in [0.25, 0.3) is 0 Å². The number of esters is 1. The van der Waals surface area contributed by atoms with Crippen LogP contribution in [-0.2, 0) is 9.53 Å². The van der Waals surface area contributed by atoms with Crippen molar-refractivity contribution in [3.05, 3.63) is 41.6 Å². The fraction of sp³-hybridized carbons (Fsp3) is 0.214. The van der Waals surface area contributed by atoms with Gasteiger partial charge in [-0.1, -0.05) is 0 Å². The molecular weight excluding hydrogens is 244 g/mol. The molecule has 0 bridgehead atoms. The Kier molecular flexibility index (Phi) is 5.30. The molecule has 0 heterocycles. The summed E-state index contributed by atoms with van der Waals surface area (Å²) < 4.78 is 4.72. The van der Waals surface area contributed by atoms with Crippen molar-refractivity contribution in [1.82, 2.24) is 0 Å². The zero-order valence-corrected chi connectivity index (χ0v) is 10.8. The first-order valence-corrected chi connectivity index (χ1v) is 5.73. The van der Waals surface area contributed by atoms with Gasteiger partial charge in [0.2, 0.25) is 0 Å². The van der Waals surface area contributed by atoms with Gasteiger partial charge in [-0.15, -0.1) is 0 Å². The van der Waals surface area contributed by atoms with Crippen LogP contribution in [-0.4, -0.2) is 18.4 Å². The summed E-state index contributed by atoms with van der Waals surface area (Å²) in [7, 11) is 0. The standard InChI is InChI=1S/C14H14N2O3/c1-3-19-14(18)12(8-15)9-16-13-6-4-11(5-7-13)10(2)17/h4-7,9,16H,3H2,1-2H3/b12-9-. The number of carbonyl (C=O) groups excluding carboxylic acids is 2. The van der Waals surface area contributed by atoms with Gasteiger partial charge in [0.15, 0.2) is 11.4 Å². The van der Waals surface area contributed by atoms with E-state index in [0.29, 0.717) is 11.3 Å². The second-order valence-corrected chi connectivity index (χ2v) is 3.67. The number of nitrogens with zero attached hydrogens (tertiary/aromatic N) is 1. The molecule has 19 heavy (non-hydrogen) atoms. The van der Waals surface area contributed by atoms with Crippen LogP contribution in [0.3, 0.4) is 0 Å². The number of carbonyl (C=O) groups is 2. The van der Waals surface area contributed by atoms with E-state index in [-0.39, 0.29) is 18.0 Å². The minimum absolute atomic E-state index is 0.0219. The van der Waals surface area contributed by atoms with Crippen LogP contribution in [0, 0.1) is 11.3 Å². The number of ether oxygens (including phenoxy) is 1. The third-order valence-electron chi connectivity index (χ3n) is 2.29. The summed E-state index contributed by atoms with van der Waals surface area (Å²) in [5.41, 5.74) is 1.15. The first-order valence-electron chi connectivity index (χ1n) is 5.73. The van der Waals surface area contributed by atoms with E-state index in [1.807, 2.05) is 0 Å². The average molecular weight is 258 g/mol. The number of rotatable bonds is 5. The quantitative estimate of drug-likeness (QED) is 0.379. The van der Waals surface area contributed by atoms with Crippen molar-refractivity contribution < 1.29 is 14.3 Å². The third kappa shape index (κ3) is 4.28. The molecule has 1 aromatic carbocycles. The van der Waals surface area contributed by atoms with Gasteiger partial charge in [-0.05, 0) is 38.1 Å². The van der Waals surface area contributed by atoms with E-state index in [4.69, 9.17) is 10.00 Å². The second-order valence-electron chi connectivity index (χ2n) is 3.67. The molecule has 0 fully saturated rings. The number of anilines is 1. The summed E-state index contributed by atoms with van der Waals surface area (Å²) in [6, 6.07) is 8.46. The molecule has 0 aromatic heterocycles. The Morgan fingerprint density at radius 2 is 2.00 bits per heavy atom. The highest BCUT2D eigenvalue weighted by molar-refractivity contribution is 5.94. The van der Waals surface area contributed by atoms with Crippen molar-refractivity contribution in [2.75, 3.05) is 11.9 Å². The van der Waals surface area contributed by atoms with Crippen molar-refractivity contribution >= 4 is 17.4 Å². The van der Waals surface area contributed by atoms with Crippen molar-refractivity contribution in [3.8, 4) is 6.07 Å². The molecule has 0 aliphatic heterocycles. The van der Waals surface area contributed by atoms with Gasteiger partial charge in [0, 0.05) is 17.5 Å². The van der Waals surface area contributed by atoms with E-state index in [1.165, 1.54) is 13.1 Å². The molecule has 0 saturated heterocycles. The molecule has 0 saturated carbocycles. The van der Waals surface area contributed by atoms with Gasteiger partial charge in [-0.2, -0.15) is 5.26 Å². The molecule has 0 unspecified atom stereocenters. The summed E-state index contributed by atoms with van der Waals surface area (Å²) >= 11 is 0. The Balaban J connectivity index is 2.76. The largest absolute Gasteiger partial charge is 0.462 e. The van der Waals surface area contributed by atoms with Crippen molar-refractivity contribution in [1.29, 1.82) is 5.26 Å². The topological polar surface area (TPSA) is 79.2 Å². The van der Waals surface area contributed by atoms with Crippen molar-refractivity contribution in [3.63, 3.8) is 0 Å². The Morgan fingerprint density at radius 3 is 2.47 bits per heavy atom. The van der Waals surface area contributed by atoms with Crippen LogP contribution in [0.15, 0.2) is 36.0 Å². The molecule has 0 atom stereocenters. The Morgan fingerprint density at radius 1 is 1.37 bits per heavy atom. The zero-order chi connectivity index (χ0) is 14.3. The van der Waals surface area contributed by atoms with Crippen LogP contribution in [0.5, 0.6) is 0 Å². The Labute approximate surface area is 111 Å². The van der Waals surface area contributed by atoms with E-state index in [2.05, 4.69) is 5.32 Å². The molecule has 0 amide bonds. The van der Waals surface area contributed by atoms with Gasteiger partial charge < -0.3 is 10.1 Å². The second kappa shape index (κ2) is 6.97. The fourth-order valence-electron chi connectivity index (χ4n) is 1.30. The summed E-state index contributed by atoms with van der Waals surface area (Å²) in [5, 5.41) is 11.6. The maximum atomic E-state index is 11.3. The van der Waals surface area contributed by atoms with Gasteiger partial charge in [0.05, 0.1) is 6.61 Å². The van der Waals surface area contributed by atoms with Crippen LogP contribution in [0.2, 0.25) is 0 Å². The average Bonchev–Trinajstić information content (AvgIpc) is 2.40. The number of ketones is 1. The molecule has 1 aromatic rings. The lowest BCUT2D eigenvalue weighted by Crippen LogP contribution is -2.07. The fourth-order valence-corrected chi connectivity index (χ4v) is 1.30. The highest BCUT2D eigenvalue weighted by Crippen LogP contribution is 2.10. The van der Waals surface area contributed by atoms with E-state index < -0.39 is 5.97 Å². The highest BCUT2D eigenvalue weighted by atomic mass is 16.5. The van der Waals surface area contributed by atoms with Crippen molar-refractivity contribution in [2.24, 2.45) is 0 Å². The van der Waals surface area contributed by atoms with Gasteiger partial charge in [-0.25, -0.2) is 4.79 Å². The minimum atomic E-state index is -0.669. The normalized spacial score (nSPS) is 10.5. The van der Waals surface area contributed by atoms with Crippen LogP contribution >= 0.6 is 0 Å². The maximum absolute atomic E-state index is 11.3. The van der Waals surface area contributed by atoms with E-state index in [9.17, 15) is 9.59 Å². The van der Waals surface area contributed by atoms with Gasteiger partial charge in [0.1, 0.15) is 6.07 Å². The van der Waals surface area contributed by atoms with E-state index in [0.717, 1.165) is 0 Å². The highest BCUT2D eigenvalue weighted by Gasteiger charge is 2.09. The molecule has 5 heteroatoms. The Hall–Kier alpha value is -2.61. The Bertz CT molecular complexity index is 539.